The highest BCUT2D eigenvalue weighted by molar-refractivity contribution is 7.90. The number of ether oxygens (including phenoxy) is 3. The van der Waals surface area contributed by atoms with Gasteiger partial charge in [0.15, 0.2) is 12.0 Å². The predicted molar refractivity (Wildman–Crippen MR) is 157 cm³/mol. The molecule has 11 nitrogen and oxygen atoms in total. The minimum absolute atomic E-state index is 0.00143. The number of benzene rings is 1. The van der Waals surface area contributed by atoms with E-state index in [2.05, 4.69) is 15.1 Å². The van der Waals surface area contributed by atoms with Gasteiger partial charge in [0, 0.05) is 42.0 Å². The Morgan fingerprint density at radius 3 is 2.70 bits per heavy atom. The summed E-state index contributed by atoms with van der Waals surface area (Å²) in [5.41, 5.74) is 1.88. The Hall–Kier alpha value is -3.13. The summed E-state index contributed by atoms with van der Waals surface area (Å²) < 4.78 is 62.4. The van der Waals surface area contributed by atoms with E-state index in [0.29, 0.717) is 48.8 Å². The van der Waals surface area contributed by atoms with E-state index in [0.717, 1.165) is 49.4 Å². The number of aromatic nitrogens is 5. The standard InChI is InChI=1S/C29H30ClFN6O5S/c1-43(38,39)29-34-26-23-27(35-29)36-8-4-9-40-13-16(36)14-42-28(23)33-25(24(26)31)22-17-12-32-37(20-5-2-3-10-41-20)19(17)11-18(30)21(22)15-6-7-15/h11-12,15-16,20H,2-10,13-14H2,1H3/t16-,20?/m0/s1. The van der Waals surface area contributed by atoms with E-state index in [1.165, 1.54) is 0 Å². The van der Waals surface area contributed by atoms with Gasteiger partial charge in [-0.25, -0.2) is 32.4 Å². The fraction of sp³-hybridized carbons (Fsp3) is 0.517. The molecule has 1 aliphatic carbocycles. The molecule has 4 aromatic rings. The van der Waals surface area contributed by atoms with Gasteiger partial charge >= 0.3 is 0 Å². The lowest BCUT2D eigenvalue weighted by molar-refractivity contribution is -0.0366. The van der Waals surface area contributed by atoms with E-state index in [9.17, 15) is 8.42 Å². The highest BCUT2D eigenvalue weighted by Crippen LogP contribution is 2.51. The third-order valence-corrected chi connectivity index (χ3v) is 9.87. The first-order valence-corrected chi connectivity index (χ1v) is 17.0. The smallest absolute Gasteiger partial charge is 0.249 e. The van der Waals surface area contributed by atoms with Crippen LogP contribution in [-0.4, -0.2) is 78.4 Å². The molecular weight excluding hydrogens is 599 g/mol. The molecule has 3 fully saturated rings. The largest absolute Gasteiger partial charge is 0.475 e. The van der Waals surface area contributed by atoms with Crippen molar-refractivity contribution in [2.24, 2.45) is 0 Å². The third kappa shape index (κ3) is 4.54. The number of hydrogen-bond acceptors (Lipinski definition) is 10. The summed E-state index contributed by atoms with van der Waals surface area (Å²) in [6.07, 6.45) is 7.82. The van der Waals surface area contributed by atoms with Gasteiger partial charge in [-0.15, -0.1) is 0 Å². The highest BCUT2D eigenvalue weighted by Gasteiger charge is 2.37. The van der Waals surface area contributed by atoms with E-state index in [1.54, 1.807) is 6.20 Å². The van der Waals surface area contributed by atoms with Gasteiger partial charge in [0.05, 0.1) is 24.4 Å². The molecule has 14 heteroatoms. The lowest BCUT2D eigenvalue weighted by atomic mass is 9.95. The van der Waals surface area contributed by atoms with Crippen LogP contribution in [0.5, 0.6) is 5.88 Å². The number of fused-ring (bicyclic) bond motifs is 3. The van der Waals surface area contributed by atoms with Gasteiger partial charge in [0.1, 0.15) is 29.0 Å². The van der Waals surface area contributed by atoms with Crippen molar-refractivity contribution in [3.05, 3.63) is 28.7 Å². The molecule has 0 spiro atoms. The maximum atomic E-state index is 17.0. The molecule has 0 bridgehead atoms. The van der Waals surface area contributed by atoms with Crippen LogP contribution in [0.1, 0.15) is 56.2 Å². The van der Waals surface area contributed by atoms with Crippen LogP contribution in [0, 0.1) is 5.82 Å². The van der Waals surface area contributed by atoms with Gasteiger partial charge in [0.2, 0.25) is 20.9 Å². The molecule has 3 aliphatic heterocycles. The fourth-order valence-electron chi connectivity index (χ4n) is 6.51. The van der Waals surface area contributed by atoms with Crippen molar-refractivity contribution in [1.29, 1.82) is 0 Å². The first-order valence-electron chi connectivity index (χ1n) is 14.7. The zero-order valence-electron chi connectivity index (χ0n) is 23.6. The van der Waals surface area contributed by atoms with Gasteiger partial charge in [-0.1, -0.05) is 11.6 Å². The third-order valence-electron chi connectivity index (χ3n) is 8.71. The number of anilines is 1. The molecule has 1 saturated carbocycles. The van der Waals surface area contributed by atoms with E-state index in [1.807, 2.05) is 15.6 Å². The quantitative estimate of drug-likeness (QED) is 0.291. The first-order chi connectivity index (χ1) is 20.8. The van der Waals surface area contributed by atoms with Crippen LogP contribution in [0.2, 0.25) is 5.02 Å². The Bertz CT molecular complexity index is 1890. The van der Waals surface area contributed by atoms with Crippen LogP contribution in [0.25, 0.3) is 33.1 Å². The summed E-state index contributed by atoms with van der Waals surface area (Å²) in [5.74, 6) is -0.187. The van der Waals surface area contributed by atoms with Crippen molar-refractivity contribution in [3.8, 4) is 17.1 Å². The van der Waals surface area contributed by atoms with Gasteiger partial charge < -0.3 is 19.1 Å². The number of pyridine rings is 1. The first kappa shape index (κ1) is 27.4. The number of nitrogens with zero attached hydrogens (tertiary/aromatic N) is 6. The molecule has 3 aromatic heterocycles. The fourth-order valence-corrected chi connectivity index (χ4v) is 7.37. The van der Waals surface area contributed by atoms with Crippen LogP contribution < -0.4 is 9.64 Å². The van der Waals surface area contributed by atoms with Crippen molar-refractivity contribution in [2.75, 3.05) is 44.1 Å². The molecule has 1 aromatic carbocycles. The van der Waals surface area contributed by atoms with Gasteiger partial charge in [0.25, 0.3) is 0 Å². The summed E-state index contributed by atoms with van der Waals surface area (Å²) in [7, 11) is -3.89. The van der Waals surface area contributed by atoms with Crippen molar-refractivity contribution in [2.45, 2.75) is 61.9 Å². The van der Waals surface area contributed by atoms with Crippen molar-refractivity contribution in [3.63, 3.8) is 0 Å². The molecule has 2 atom stereocenters. The Morgan fingerprint density at radius 1 is 1.07 bits per heavy atom. The molecule has 6 heterocycles. The molecule has 4 aliphatic rings. The predicted octanol–water partition coefficient (Wildman–Crippen LogP) is 4.80. The van der Waals surface area contributed by atoms with E-state index >= 15 is 4.39 Å². The van der Waals surface area contributed by atoms with E-state index < -0.39 is 20.8 Å². The molecule has 0 amide bonds. The van der Waals surface area contributed by atoms with Crippen LogP contribution in [-0.2, 0) is 19.3 Å². The average Bonchev–Trinajstić information content (AvgIpc) is 3.80. The molecule has 226 valence electrons. The second kappa shape index (κ2) is 10.2. The Morgan fingerprint density at radius 2 is 1.93 bits per heavy atom. The maximum absolute atomic E-state index is 17.0. The molecular formula is C29H30ClFN6O5S. The second-order valence-electron chi connectivity index (χ2n) is 11.8. The summed E-state index contributed by atoms with van der Waals surface area (Å²) in [4.78, 5) is 15.5. The zero-order valence-corrected chi connectivity index (χ0v) is 25.1. The number of halogens is 2. The van der Waals surface area contributed by atoms with Crippen LogP contribution >= 0.6 is 11.6 Å². The normalized spacial score (nSPS) is 22.7. The van der Waals surface area contributed by atoms with E-state index in [-0.39, 0.29) is 53.1 Å². The molecule has 2 saturated heterocycles. The van der Waals surface area contributed by atoms with Crippen molar-refractivity contribution < 1.29 is 27.0 Å². The SMILES string of the molecule is CS(=O)(=O)c1nc2c3c(nc(-c4c(C5CC5)c(Cl)cc5c4cnn5C4CCCCO4)c(F)c3n1)OC[C@@H]1COCCCN21. The minimum Gasteiger partial charge on any atom is -0.475 e. The average molecular weight is 629 g/mol. The molecule has 1 unspecified atom stereocenters. The number of sulfone groups is 1. The lowest BCUT2D eigenvalue weighted by Gasteiger charge is -2.28. The summed E-state index contributed by atoms with van der Waals surface area (Å²) in [6.45, 7) is 2.28. The van der Waals surface area contributed by atoms with Gasteiger partial charge in [-0.05, 0) is 56.1 Å². The zero-order chi connectivity index (χ0) is 29.5. The lowest BCUT2D eigenvalue weighted by Crippen LogP contribution is -2.41. The molecule has 8 rings (SSSR count). The number of hydrogen-bond donors (Lipinski definition) is 0. The monoisotopic (exact) mass is 628 g/mol. The minimum atomic E-state index is -3.89. The summed E-state index contributed by atoms with van der Waals surface area (Å²) >= 11 is 6.96. The van der Waals surface area contributed by atoms with Crippen molar-refractivity contribution >= 4 is 49.1 Å². The molecule has 0 N–H and O–H groups in total. The van der Waals surface area contributed by atoms with Crippen molar-refractivity contribution in [1.82, 2.24) is 24.7 Å². The Balaban J connectivity index is 1.42. The molecule has 0 radical (unpaired) electrons. The van der Waals surface area contributed by atoms with Crippen LogP contribution in [0.4, 0.5) is 10.2 Å². The maximum Gasteiger partial charge on any atom is 0.249 e. The Labute approximate surface area is 252 Å². The highest BCUT2D eigenvalue weighted by atomic mass is 35.5. The van der Waals surface area contributed by atoms with Gasteiger partial charge in [-0.3, -0.25) is 0 Å². The van der Waals surface area contributed by atoms with E-state index in [4.69, 9.17) is 30.8 Å². The Kier molecular flexibility index (Phi) is 6.51. The van der Waals surface area contributed by atoms with Gasteiger partial charge in [-0.2, -0.15) is 5.10 Å². The number of rotatable bonds is 4. The summed E-state index contributed by atoms with van der Waals surface area (Å²) in [5, 5.41) is 5.65. The topological polar surface area (TPSA) is 122 Å². The summed E-state index contributed by atoms with van der Waals surface area (Å²) in [6, 6.07) is 1.62. The van der Waals surface area contributed by atoms with Crippen LogP contribution in [0.3, 0.4) is 0 Å². The second-order valence-corrected chi connectivity index (χ2v) is 14.1. The molecule has 43 heavy (non-hydrogen) atoms. The van der Waals surface area contributed by atoms with Crippen LogP contribution in [0.15, 0.2) is 17.4 Å².